The predicted molar refractivity (Wildman–Crippen MR) is 171 cm³/mol. The largest absolute Gasteiger partial charge is 0.497 e. The normalized spacial score (nSPS) is 14.9. The van der Waals surface area contributed by atoms with Gasteiger partial charge in [-0.15, -0.1) is 0 Å². The zero-order valence-corrected chi connectivity index (χ0v) is 25.7. The molecule has 0 saturated heterocycles. The molecule has 2 heterocycles. The van der Waals surface area contributed by atoms with Crippen molar-refractivity contribution in [3.63, 3.8) is 0 Å². The van der Waals surface area contributed by atoms with E-state index in [1.165, 1.54) is 0 Å². The number of unbranched alkanes of at least 4 members (excludes halogenated alkanes) is 1. The Labute approximate surface area is 254 Å². The van der Waals surface area contributed by atoms with Gasteiger partial charge in [0, 0.05) is 36.6 Å². The van der Waals surface area contributed by atoms with Crippen LogP contribution in [0.5, 0.6) is 5.75 Å². The fraction of sp³-hybridized carbons (Fsp3) is 0.343. The Morgan fingerprint density at radius 1 is 1.07 bits per heavy atom. The number of amides is 3. The van der Waals surface area contributed by atoms with Crippen molar-refractivity contribution in [3.8, 4) is 5.75 Å². The van der Waals surface area contributed by atoms with Gasteiger partial charge in [0.1, 0.15) is 18.1 Å². The highest BCUT2D eigenvalue weighted by Crippen LogP contribution is 2.41. The third-order valence-corrected chi connectivity index (χ3v) is 7.88. The van der Waals surface area contributed by atoms with Crippen molar-refractivity contribution >= 4 is 23.3 Å². The van der Waals surface area contributed by atoms with Crippen LogP contribution in [-0.4, -0.2) is 47.0 Å². The molecule has 1 atom stereocenters. The lowest BCUT2D eigenvalue weighted by atomic mass is 9.85. The second-order valence-corrected chi connectivity index (χ2v) is 12.0. The van der Waals surface area contributed by atoms with Crippen LogP contribution in [0.4, 0.5) is 16.2 Å². The molecule has 0 spiro atoms. The van der Waals surface area contributed by atoms with E-state index in [-0.39, 0.29) is 23.9 Å². The third-order valence-electron chi connectivity index (χ3n) is 7.88. The van der Waals surface area contributed by atoms with Gasteiger partial charge >= 0.3 is 6.03 Å². The number of urea groups is 1. The first-order valence-electron chi connectivity index (χ1n) is 14.9. The van der Waals surface area contributed by atoms with Crippen molar-refractivity contribution in [2.24, 2.45) is 0 Å². The Morgan fingerprint density at radius 3 is 2.51 bits per heavy atom. The summed E-state index contributed by atoms with van der Waals surface area (Å²) in [5.41, 5.74) is 5.40. The Balaban J connectivity index is 1.49. The second kappa shape index (κ2) is 12.7. The monoisotopic (exact) mass is 579 g/mol. The molecule has 1 unspecified atom stereocenters. The third kappa shape index (κ3) is 6.58. The molecule has 5 rings (SSSR count). The molecule has 1 aliphatic rings. The number of fused-ring (bicyclic) bond motifs is 1. The van der Waals surface area contributed by atoms with Crippen LogP contribution in [-0.2, 0) is 16.6 Å². The Kier molecular flexibility index (Phi) is 8.85. The van der Waals surface area contributed by atoms with Crippen molar-refractivity contribution in [1.29, 1.82) is 0 Å². The van der Waals surface area contributed by atoms with E-state index in [4.69, 9.17) is 4.74 Å². The average molecular weight is 580 g/mol. The number of hydrogen-bond donors (Lipinski definition) is 2. The van der Waals surface area contributed by atoms with Crippen LogP contribution in [0, 0.1) is 0 Å². The zero-order chi connectivity index (χ0) is 30.6. The van der Waals surface area contributed by atoms with E-state index in [0.29, 0.717) is 13.0 Å². The topological polar surface area (TPSA) is 90.6 Å². The number of rotatable bonds is 10. The van der Waals surface area contributed by atoms with Gasteiger partial charge in [-0.25, -0.2) is 9.78 Å². The van der Waals surface area contributed by atoms with E-state index < -0.39 is 6.04 Å². The molecule has 0 aliphatic carbocycles. The van der Waals surface area contributed by atoms with Crippen LogP contribution in [0.1, 0.15) is 74.7 Å². The lowest BCUT2D eigenvalue weighted by molar-refractivity contribution is -0.117. The van der Waals surface area contributed by atoms with Gasteiger partial charge in [-0.3, -0.25) is 9.69 Å². The minimum atomic E-state index is -0.425. The molecule has 43 heavy (non-hydrogen) atoms. The SMILES string of the molecule is CCCCN1C(=O)N(CC(=O)Nc2cc(Cc3ncc[nH]3)ccc2C(C)(C)C)C(c2ccc(OC)cc2)c2ccccc21. The molecule has 3 amide bonds. The number of hydrogen-bond acceptors (Lipinski definition) is 4. The second-order valence-electron chi connectivity index (χ2n) is 12.0. The van der Waals surface area contributed by atoms with Crippen molar-refractivity contribution in [2.75, 3.05) is 30.4 Å². The molecule has 4 aromatic rings. The van der Waals surface area contributed by atoms with Crippen LogP contribution < -0.4 is 15.0 Å². The number of carbonyl (C=O) groups excluding carboxylic acids is 2. The minimum absolute atomic E-state index is 0.0987. The summed E-state index contributed by atoms with van der Waals surface area (Å²) in [7, 11) is 1.63. The maximum Gasteiger partial charge on any atom is 0.325 e. The first-order valence-corrected chi connectivity index (χ1v) is 14.9. The quantitative estimate of drug-likeness (QED) is 0.210. The van der Waals surface area contributed by atoms with Gasteiger partial charge in [-0.1, -0.05) is 76.6 Å². The zero-order valence-electron chi connectivity index (χ0n) is 25.7. The van der Waals surface area contributed by atoms with Crippen LogP contribution in [0.3, 0.4) is 0 Å². The van der Waals surface area contributed by atoms with Gasteiger partial charge in [0.05, 0.1) is 18.8 Å². The molecule has 0 saturated carbocycles. The molecule has 224 valence electrons. The molecule has 2 N–H and O–H groups in total. The number of nitrogens with one attached hydrogen (secondary N) is 2. The van der Waals surface area contributed by atoms with Crippen LogP contribution in [0.2, 0.25) is 0 Å². The van der Waals surface area contributed by atoms with E-state index >= 15 is 0 Å². The molecule has 8 heteroatoms. The van der Waals surface area contributed by atoms with Crippen LogP contribution >= 0.6 is 0 Å². The van der Waals surface area contributed by atoms with Gasteiger partial charge < -0.3 is 19.9 Å². The summed E-state index contributed by atoms with van der Waals surface area (Å²) >= 11 is 0. The maximum atomic E-state index is 14.2. The molecule has 0 radical (unpaired) electrons. The lowest BCUT2D eigenvalue weighted by Gasteiger charge is -2.42. The number of benzene rings is 3. The number of aromatic amines is 1. The van der Waals surface area contributed by atoms with E-state index in [2.05, 4.69) is 61.2 Å². The summed E-state index contributed by atoms with van der Waals surface area (Å²) in [4.78, 5) is 39.1. The number of ether oxygens (including phenoxy) is 1. The number of carbonyl (C=O) groups is 2. The number of nitrogens with zero attached hydrogens (tertiary/aromatic N) is 3. The summed E-state index contributed by atoms with van der Waals surface area (Å²) in [6.45, 7) is 8.97. The molecule has 8 nitrogen and oxygen atoms in total. The van der Waals surface area contributed by atoms with Gasteiger partial charge in [-0.05, 0) is 52.8 Å². The van der Waals surface area contributed by atoms with E-state index in [0.717, 1.165) is 58.0 Å². The fourth-order valence-electron chi connectivity index (χ4n) is 5.73. The molecule has 3 aromatic carbocycles. The smallest absolute Gasteiger partial charge is 0.325 e. The number of anilines is 2. The highest BCUT2D eigenvalue weighted by Gasteiger charge is 2.39. The number of para-hydroxylation sites is 1. The van der Waals surface area contributed by atoms with E-state index in [1.807, 2.05) is 53.4 Å². The number of aromatic nitrogens is 2. The predicted octanol–water partition coefficient (Wildman–Crippen LogP) is 7.08. The van der Waals surface area contributed by atoms with Gasteiger partial charge in [0.15, 0.2) is 0 Å². The van der Waals surface area contributed by atoms with Crippen molar-refractivity contribution in [2.45, 2.75) is 58.4 Å². The maximum absolute atomic E-state index is 14.2. The van der Waals surface area contributed by atoms with Crippen molar-refractivity contribution < 1.29 is 14.3 Å². The molecular weight excluding hydrogens is 538 g/mol. The first-order chi connectivity index (χ1) is 20.7. The Bertz CT molecular complexity index is 1560. The fourth-order valence-corrected chi connectivity index (χ4v) is 5.73. The number of H-pyrrole nitrogens is 1. The molecular formula is C35H41N5O3. The number of imidazole rings is 1. The summed E-state index contributed by atoms with van der Waals surface area (Å²) in [6.07, 6.45) is 5.98. The Morgan fingerprint density at radius 2 is 1.84 bits per heavy atom. The number of methoxy groups -OCH3 is 1. The molecule has 0 bridgehead atoms. The van der Waals surface area contributed by atoms with Crippen LogP contribution in [0.25, 0.3) is 0 Å². The molecule has 1 aliphatic heterocycles. The van der Waals surface area contributed by atoms with Crippen molar-refractivity contribution in [1.82, 2.24) is 14.9 Å². The highest BCUT2D eigenvalue weighted by molar-refractivity contribution is 6.01. The van der Waals surface area contributed by atoms with Gasteiger partial charge in [0.2, 0.25) is 5.91 Å². The van der Waals surface area contributed by atoms with E-state index in [9.17, 15) is 9.59 Å². The molecule has 1 aromatic heterocycles. The average Bonchev–Trinajstić information content (AvgIpc) is 3.50. The first kappa shape index (κ1) is 29.9. The van der Waals surface area contributed by atoms with Gasteiger partial charge in [0.25, 0.3) is 0 Å². The summed E-state index contributed by atoms with van der Waals surface area (Å²) < 4.78 is 5.39. The standard InChI is InChI=1S/C35H41N5O3/c1-6-7-20-39-30-11-9-8-10-27(30)33(25-13-15-26(43-5)16-14-25)40(34(39)42)23-32(41)38-29-21-24(22-31-36-18-19-37-31)12-17-28(29)35(2,3)4/h8-19,21,33H,6-7,20,22-23H2,1-5H3,(H,36,37)(H,38,41). The summed E-state index contributed by atoms with van der Waals surface area (Å²) in [6, 6.07) is 21.3. The summed E-state index contributed by atoms with van der Waals surface area (Å²) in [5.74, 6) is 1.34. The Hall–Kier alpha value is -4.59. The van der Waals surface area contributed by atoms with Crippen molar-refractivity contribution in [3.05, 3.63) is 107 Å². The van der Waals surface area contributed by atoms with E-state index in [1.54, 1.807) is 24.4 Å². The summed E-state index contributed by atoms with van der Waals surface area (Å²) in [5, 5.41) is 3.18. The van der Waals surface area contributed by atoms with Crippen LogP contribution in [0.15, 0.2) is 79.1 Å². The minimum Gasteiger partial charge on any atom is -0.497 e. The lowest BCUT2D eigenvalue weighted by Crippen LogP contribution is -2.52. The highest BCUT2D eigenvalue weighted by atomic mass is 16.5. The van der Waals surface area contributed by atoms with Gasteiger partial charge in [-0.2, -0.15) is 0 Å². The molecule has 0 fully saturated rings.